The van der Waals surface area contributed by atoms with Crippen molar-refractivity contribution in [3.63, 3.8) is 0 Å². The van der Waals surface area contributed by atoms with Crippen LogP contribution in [0.4, 0.5) is 5.69 Å². The van der Waals surface area contributed by atoms with E-state index in [2.05, 4.69) is 29.6 Å². The predicted octanol–water partition coefficient (Wildman–Crippen LogP) is 3.99. The SMILES string of the molecule is Cc1c(NC(=O)C2CC2c2cccc3ccccc23)cccc1C(N)=O. The summed E-state index contributed by atoms with van der Waals surface area (Å²) in [6.07, 6.45) is 0.842. The number of primary amides is 1. The second kappa shape index (κ2) is 6.30. The lowest BCUT2D eigenvalue weighted by Crippen LogP contribution is -2.18. The third-order valence-electron chi connectivity index (χ3n) is 5.21. The molecule has 0 spiro atoms. The topological polar surface area (TPSA) is 72.2 Å². The maximum Gasteiger partial charge on any atom is 0.249 e. The minimum Gasteiger partial charge on any atom is -0.366 e. The van der Waals surface area contributed by atoms with Gasteiger partial charge in [0, 0.05) is 17.2 Å². The molecule has 0 aromatic heterocycles. The van der Waals surface area contributed by atoms with Crippen molar-refractivity contribution < 1.29 is 9.59 Å². The van der Waals surface area contributed by atoms with Crippen LogP contribution in [0.2, 0.25) is 0 Å². The summed E-state index contributed by atoms with van der Waals surface area (Å²) < 4.78 is 0. The highest BCUT2D eigenvalue weighted by molar-refractivity contribution is 6.00. The molecule has 1 aliphatic carbocycles. The Labute approximate surface area is 152 Å². The third kappa shape index (κ3) is 2.84. The maximum atomic E-state index is 12.7. The van der Waals surface area contributed by atoms with Gasteiger partial charge in [0.25, 0.3) is 0 Å². The van der Waals surface area contributed by atoms with Gasteiger partial charge in [-0.1, -0.05) is 48.5 Å². The van der Waals surface area contributed by atoms with Crippen LogP contribution >= 0.6 is 0 Å². The lowest BCUT2D eigenvalue weighted by Gasteiger charge is -2.11. The Bertz CT molecular complexity index is 1020. The summed E-state index contributed by atoms with van der Waals surface area (Å²) >= 11 is 0. The van der Waals surface area contributed by atoms with Gasteiger partial charge in [-0.25, -0.2) is 0 Å². The largest absolute Gasteiger partial charge is 0.366 e. The minimum absolute atomic E-state index is 0.00680. The summed E-state index contributed by atoms with van der Waals surface area (Å²) in [7, 11) is 0. The standard InChI is InChI=1S/C22H20N2O2/c1-13-15(21(23)25)9-5-11-20(13)24-22(26)19-12-18(19)17-10-4-7-14-6-2-3-8-16(14)17/h2-11,18-19H,12H2,1H3,(H2,23,25)(H,24,26). The van der Waals surface area contributed by atoms with Crippen molar-refractivity contribution in [2.75, 3.05) is 5.32 Å². The molecule has 2 unspecified atom stereocenters. The number of anilines is 1. The fourth-order valence-electron chi connectivity index (χ4n) is 3.67. The lowest BCUT2D eigenvalue weighted by molar-refractivity contribution is -0.117. The monoisotopic (exact) mass is 344 g/mol. The van der Waals surface area contributed by atoms with E-state index in [1.165, 1.54) is 16.3 Å². The van der Waals surface area contributed by atoms with Gasteiger partial charge in [-0.15, -0.1) is 0 Å². The Morgan fingerprint density at radius 2 is 1.73 bits per heavy atom. The molecule has 130 valence electrons. The fraction of sp³-hybridized carbons (Fsp3) is 0.182. The van der Waals surface area contributed by atoms with Crippen molar-refractivity contribution >= 4 is 28.3 Å². The van der Waals surface area contributed by atoms with Crippen LogP contribution in [0, 0.1) is 12.8 Å². The molecule has 0 radical (unpaired) electrons. The summed E-state index contributed by atoms with van der Waals surface area (Å²) in [4.78, 5) is 24.2. The van der Waals surface area contributed by atoms with Crippen LogP contribution < -0.4 is 11.1 Å². The molecule has 2 amide bonds. The van der Waals surface area contributed by atoms with Crippen molar-refractivity contribution in [2.24, 2.45) is 11.7 Å². The van der Waals surface area contributed by atoms with E-state index in [0.29, 0.717) is 16.8 Å². The first-order chi connectivity index (χ1) is 12.6. The highest BCUT2D eigenvalue weighted by Gasteiger charge is 2.44. The average molecular weight is 344 g/mol. The van der Waals surface area contributed by atoms with Gasteiger partial charge in [0.2, 0.25) is 11.8 Å². The van der Waals surface area contributed by atoms with Crippen molar-refractivity contribution in [1.82, 2.24) is 0 Å². The van der Waals surface area contributed by atoms with Gasteiger partial charge in [-0.2, -0.15) is 0 Å². The number of benzene rings is 3. The normalized spacial score (nSPS) is 18.5. The molecule has 26 heavy (non-hydrogen) atoms. The summed E-state index contributed by atoms with van der Waals surface area (Å²) in [6, 6.07) is 19.7. The van der Waals surface area contributed by atoms with Gasteiger partial charge in [-0.05, 0) is 53.3 Å². The zero-order valence-corrected chi connectivity index (χ0v) is 14.5. The number of hydrogen-bond donors (Lipinski definition) is 2. The van der Waals surface area contributed by atoms with E-state index >= 15 is 0 Å². The number of carbonyl (C=O) groups excluding carboxylic acids is 2. The van der Waals surface area contributed by atoms with Crippen LogP contribution in [0.5, 0.6) is 0 Å². The Kier molecular flexibility index (Phi) is 3.96. The van der Waals surface area contributed by atoms with E-state index in [-0.39, 0.29) is 17.7 Å². The molecule has 0 bridgehead atoms. The molecule has 0 saturated heterocycles. The molecule has 2 atom stereocenters. The van der Waals surface area contributed by atoms with E-state index in [4.69, 9.17) is 5.73 Å². The molecule has 4 rings (SSSR count). The smallest absolute Gasteiger partial charge is 0.249 e. The first kappa shape index (κ1) is 16.3. The van der Waals surface area contributed by atoms with E-state index in [9.17, 15) is 9.59 Å². The molecular weight excluding hydrogens is 324 g/mol. The summed E-state index contributed by atoms with van der Waals surface area (Å²) in [5, 5.41) is 5.37. The number of amides is 2. The zero-order chi connectivity index (χ0) is 18.3. The lowest BCUT2D eigenvalue weighted by atomic mass is 10.00. The van der Waals surface area contributed by atoms with Crippen LogP contribution in [0.3, 0.4) is 0 Å². The van der Waals surface area contributed by atoms with Crippen molar-refractivity contribution in [3.8, 4) is 0 Å². The predicted molar refractivity (Wildman–Crippen MR) is 103 cm³/mol. The van der Waals surface area contributed by atoms with Crippen LogP contribution in [0.25, 0.3) is 10.8 Å². The van der Waals surface area contributed by atoms with Crippen LogP contribution in [-0.2, 0) is 4.79 Å². The van der Waals surface area contributed by atoms with Gasteiger partial charge in [0.15, 0.2) is 0 Å². The molecule has 1 aliphatic rings. The van der Waals surface area contributed by atoms with Gasteiger partial charge in [0.05, 0.1) is 0 Å². The van der Waals surface area contributed by atoms with Crippen LogP contribution in [-0.4, -0.2) is 11.8 Å². The highest BCUT2D eigenvalue weighted by Crippen LogP contribution is 2.50. The number of carbonyl (C=O) groups is 2. The highest BCUT2D eigenvalue weighted by atomic mass is 16.2. The van der Waals surface area contributed by atoms with E-state index < -0.39 is 5.91 Å². The average Bonchev–Trinajstić information content (AvgIpc) is 3.43. The van der Waals surface area contributed by atoms with E-state index in [1.54, 1.807) is 25.1 Å². The Hall–Kier alpha value is -3.14. The zero-order valence-electron chi connectivity index (χ0n) is 14.5. The first-order valence-corrected chi connectivity index (χ1v) is 8.74. The molecule has 1 saturated carbocycles. The van der Waals surface area contributed by atoms with Crippen molar-refractivity contribution in [1.29, 1.82) is 0 Å². The summed E-state index contributed by atoms with van der Waals surface area (Å²) in [5.74, 6) is -0.301. The second-order valence-electron chi connectivity index (χ2n) is 6.85. The molecule has 0 aliphatic heterocycles. The number of hydrogen-bond acceptors (Lipinski definition) is 2. The molecule has 1 fully saturated rings. The fourth-order valence-corrected chi connectivity index (χ4v) is 3.67. The maximum absolute atomic E-state index is 12.7. The Morgan fingerprint density at radius 3 is 2.54 bits per heavy atom. The van der Waals surface area contributed by atoms with Crippen molar-refractivity contribution in [3.05, 3.63) is 77.4 Å². The summed E-state index contributed by atoms with van der Waals surface area (Å²) in [5.41, 5.74) is 8.40. The quantitative estimate of drug-likeness (QED) is 0.751. The van der Waals surface area contributed by atoms with Gasteiger partial charge in [0.1, 0.15) is 0 Å². The number of nitrogens with one attached hydrogen (secondary N) is 1. The Balaban J connectivity index is 1.55. The molecule has 3 N–H and O–H groups in total. The molecule has 4 heteroatoms. The molecule has 4 nitrogen and oxygen atoms in total. The van der Waals surface area contributed by atoms with Gasteiger partial charge >= 0.3 is 0 Å². The second-order valence-corrected chi connectivity index (χ2v) is 6.85. The number of rotatable bonds is 4. The third-order valence-corrected chi connectivity index (χ3v) is 5.21. The summed E-state index contributed by atoms with van der Waals surface area (Å²) in [6.45, 7) is 1.80. The molecular formula is C22H20N2O2. The number of fused-ring (bicyclic) bond motifs is 1. The minimum atomic E-state index is -0.487. The molecule has 0 heterocycles. The Morgan fingerprint density at radius 1 is 1.00 bits per heavy atom. The van der Waals surface area contributed by atoms with Gasteiger partial charge < -0.3 is 11.1 Å². The van der Waals surface area contributed by atoms with Crippen LogP contribution in [0.1, 0.15) is 33.8 Å². The first-order valence-electron chi connectivity index (χ1n) is 8.74. The van der Waals surface area contributed by atoms with Crippen LogP contribution in [0.15, 0.2) is 60.7 Å². The van der Waals surface area contributed by atoms with E-state index in [0.717, 1.165) is 6.42 Å². The molecule has 3 aromatic carbocycles. The van der Waals surface area contributed by atoms with Crippen molar-refractivity contribution in [2.45, 2.75) is 19.3 Å². The van der Waals surface area contributed by atoms with E-state index in [1.807, 2.05) is 18.2 Å². The number of nitrogens with two attached hydrogens (primary N) is 1. The van der Waals surface area contributed by atoms with Gasteiger partial charge in [-0.3, -0.25) is 9.59 Å². The molecule has 3 aromatic rings.